The highest BCUT2D eigenvalue weighted by molar-refractivity contribution is 7.09. The van der Waals surface area contributed by atoms with Crippen molar-refractivity contribution in [2.75, 3.05) is 5.32 Å². The average molecular weight is 345 g/mol. The summed E-state index contributed by atoms with van der Waals surface area (Å²) in [6, 6.07) is 1.72. The van der Waals surface area contributed by atoms with Gasteiger partial charge in [-0.2, -0.15) is 8.75 Å². The van der Waals surface area contributed by atoms with Crippen LogP contribution in [0.4, 0.5) is 5.69 Å². The third kappa shape index (κ3) is 2.48. The van der Waals surface area contributed by atoms with Crippen LogP contribution in [-0.4, -0.2) is 13.7 Å². The van der Waals surface area contributed by atoms with Gasteiger partial charge in [-0.3, -0.25) is 0 Å². The smallest absolute Gasteiger partial charge is 0.130 e. The van der Waals surface area contributed by atoms with Gasteiger partial charge in [0.2, 0.25) is 0 Å². The number of thiazole rings is 1. The van der Waals surface area contributed by atoms with Crippen LogP contribution in [0.2, 0.25) is 10.0 Å². The normalized spacial score (nSPS) is 12.8. The van der Waals surface area contributed by atoms with Gasteiger partial charge >= 0.3 is 0 Å². The Bertz CT molecular complexity index is 768. The fourth-order valence-corrected chi connectivity index (χ4v) is 3.75. The first kappa shape index (κ1) is 14.0. The Morgan fingerprint density at radius 3 is 2.65 bits per heavy atom. The number of nitrogens with one attached hydrogen (secondary N) is 1. The first-order chi connectivity index (χ1) is 9.56. The molecule has 104 valence electrons. The summed E-state index contributed by atoms with van der Waals surface area (Å²) in [5.74, 6) is 0. The van der Waals surface area contributed by atoms with Crippen LogP contribution in [0, 0.1) is 6.92 Å². The summed E-state index contributed by atoms with van der Waals surface area (Å²) in [6.07, 6.45) is 0. The van der Waals surface area contributed by atoms with E-state index in [4.69, 9.17) is 23.2 Å². The molecular weight excluding hydrogens is 335 g/mol. The topological polar surface area (TPSA) is 50.7 Å². The lowest BCUT2D eigenvalue weighted by molar-refractivity contribution is 0.847. The second-order valence-corrected chi connectivity index (χ2v) is 6.74. The Labute approximate surface area is 134 Å². The molecule has 20 heavy (non-hydrogen) atoms. The first-order valence-electron chi connectivity index (χ1n) is 5.85. The van der Waals surface area contributed by atoms with Gasteiger partial charge in [-0.15, -0.1) is 11.3 Å². The van der Waals surface area contributed by atoms with E-state index in [-0.39, 0.29) is 6.04 Å². The van der Waals surface area contributed by atoms with Gasteiger partial charge in [0.25, 0.3) is 0 Å². The summed E-state index contributed by atoms with van der Waals surface area (Å²) < 4.78 is 8.46. The molecule has 0 aliphatic heterocycles. The SMILES string of the molecule is Cc1nc(C(C)Nc2c(Cl)cc(Cl)c3nsnc23)cs1. The van der Waals surface area contributed by atoms with E-state index in [1.807, 2.05) is 19.2 Å². The predicted octanol–water partition coefficient (Wildman–Crippen LogP) is 4.94. The fourth-order valence-electron chi connectivity index (χ4n) is 1.88. The molecule has 0 aliphatic rings. The zero-order valence-corrected chi connectivity index (χ0v) is 13.8. The summed E-state index contributed by atoms with van der Waals surface area (Å²) in [5.41, 5.74) is 3.10. The van der Waals surface area contributed by atoms with E-state index < -0.39 is 0 Å². The number of aryl methyl sites for hydroxylation is 1. The molecule has 0 fully saturated rings. The highest BCUT2D eigenvalue weighted by Crippen LogP contribution is 2.37. The Balaban J connectivity index is 2.00. The van der Waals surface area contributed by atoms with E-state index in [1.54, 1.807) is 17.4 Å². The molecule has 0 saturated carbocycles. The van der Waals surface area contributed by atoms with Gasteiger partial charge in [0.05, 0.1) is 44.2 Å². The van der Waals surface area contributed by atoms with Crippen LogP contribution in [-0.2, 0) is 0 Å². The summed E-state index contributed by atoms with van der Waals surface area (Å²) in [5, 5.41) is 7.48. The highest BCUT2D eigenvalue weighted by atomic mass is 35.5. The predicted molar refractivity (Wildman–Crippen MR) is 86.3 cm³/mol. The van der Waals surface area contributed by atoms with Crippen LogP contribution >= 0.6 is 46.3 Å². The molecule has 1 N–H and O–H groups in total. The van der Waals surface area contributed by atoms with E-state index >= 15 is 0 Å². The summed E-state index contributed by atoms with van der Waals surface area (Å²) in [4.78, 5) is 4.48. The quantitative estimate of drug-likeness (QED) is 0.731. The number of aromatic nitrogens is 3. The molecule has 1 aromatic carbocycles. The number of halogens is 2. The maximum absolute atomic E-state index is 6.27. The van der Waals surface area contributed by atoms with Crippen molar-refractivity contribution < 1.29 is 0 Å². The Kier molecular flexibility index (Phi) is 3.81. The molecule has 1 unspecified atom stereocenters. The number of benzene rings is 1. The number of hydrogen-bond donors (Lipinski definition) is 1. The van der Waals surface area contributed by atoms with Crippen molar-refractivity contribution in [1.82, 2.24) is 13.7 Å². The maximum atomic E-state index is 6.27. The van der Waals surface area contributed by atoms with Crippen LogP contribution in [0.3, 0.4) is 0 Å². The monoisotopic (exact) mass is 344 g/mol. The van der Waals surface area contributed by atoms with Crippen molar-refractivity contribution in [3.05, 3.63) is 32.2 Å². The average Bonchev–Trinajstić information content (AvgIpc) is 3.02. The van der Waals surface area contributed by atoms with Crippen LogP contribution < -0.4 is 5.32 Å². The lowest BCUT2D eigenvalue weighted by atomic mass is 10.2. The summed E-state index contributed by atoms with van der Waals surface area (Å²) in [6.45, 7) is 4.02. The van der Waals surface area contributed by atoms with Gasteiger partial charge in [0, 0.05) is 5.38 Å². The van der Waals surface area contributed by atoms with Crippen molar-refractivity contribution >= 4 is 63.0 Å². The molecule has 0 spiro atoms. The Morgan fingerprint density at radius 1 is 1.20 bits per heavy atom. The zero-order chi connectivity index (χ0) is 14.3. The second-order valence-electron chi connectivity index (χ2n) is 4.33. The molecule has 4 nitrogen and oxygen atoms in total. The molecule has 1 atom stereocenters. The molecule has 0 saturated heterocycles. The molecule has 0 bridgehead atoms. The minimum Gasteiger partial charge on any atom is -0.374 e. The number of nitrogens with zero attached hydrogens (tertiary/aromatic N) is 3. The lowest BCUT2D eigenvalue weighted by Crippen LogP contribution is -2.08. The minimum atomic E-state index is 0.0310. The van der Waals surface area contributed by atoms with Gasteiger partial charge in [-0.1, -0.05) is 23.2 Å². The number of hydrogen-bond acceptors (Lipinski definition) is 6. The molecule has 8 heteroatoms. The van der Waals surface area contributed by atoms with Crippen LogP contribution in [0.25, 0.3) is 11.0 Å². The van der Waals surface area contributed by atoms with E-state index in [0.29, 0.717) is 21.1 Å². The third-order valence-electron chi connectivity index (χ3n) is 2.89. The van der Waals surface area contributed by atoms with E-state index in [9.17, 15) is 0 Å². The van der Waals surface area contributed by atoms with Crippen molar-refractivity contribution in [3.8, 4) is 0 Å². The molecular formula is C12H10Cl2N4S2. The number of rotatable bonds is 3. The van der Waals surface area contributed by atoms with E-state index in [2.05, 4.69) is 19.0 Å². The summed E-state index contributed by atoms with van der Waals surface area (Å²) in [7, 11) is 0. The van der Waals surface area contributed by atoms with E-state index in [1.165, 1.54) is 0 Å². The van der Waals surface area contributed by atoms with Crippen molar-refractivity contribution in [1.29, 1.82) is 0 Å². The zero-order valence-electron chi connectivity index (χ0n) is 10.6. The Hall–Kier alpha value is -0.950. The van der Waals surface area contributed by atoms with Gasteiger partial charge in [-0.25, -0.2) is 4.98 Å². The van der Waals surface area contributed by atoms with Gasteiger partial charge in [0.15, 0.2) is 0 Å². The second kappa shape index (κ2) is 5.44. The lowest BCUT2D eigenvalue weighted by Gasteiger charge is -2.15. The van der Waals surface area contributed by atoms with Crippen molar-refractivity contribution in [2.45, 2.75) is 19.9 Å². The van der Waals surface area contributed by atoms with Crippen LogP contribution in [0.15, 0.2) is 11.4 Å². The molecule has 3 rings (SSSR count). The van der Waals surface area contributed by atoms with Gasteiger partial charge in [-0.05, 0) is 19.9 Å². The molecule has 3 aromatic rings. The van der Waals surface area contributed by atoms with E-state index in [0.717, 1.165) is 28.1 Å². The van der Waals surface area contributed by atoms with Crippen LogP contribution in [0.1, 0.15) is 23.7 Å². The van der Waals surface area contributed by atoms with Crippen molar-refractivity contribution in [2.24, 2.45) is 0 Å². The van der Waals surface area contributed by atoms with Crippen molar-refractivity contribution in [3.63, 3.8) is 0 Å². The van der Waals surface area contributed by atoms with Gasteiger partial charge in [0.1, 0.15) is 11.0 Å². The fraction of sp³-hybridized carbons (Fsp3) is 0.250. The number of fused-ring (bicyclic) bond motifs is 1. The largest absolute Gasteiger partial charge is 0.374 e. The molecule has 0 radical (unpaired) electrons. The Morgan fingerprint density at radius 2 is 1.95 bits per heavy atom. The van der Waals surface area contributed by atoms with Gasteiger partial charge < -0.3 is 5.32 Å². The maximum Gasteiger partial charge on any atom is 0.130 e. The third-order valence-corrected chi connectivity index (χ3v) is 4.79. The summed E-state index contributed by atoms with van der Waals surface area (Å²) >= 11 is 15.1. The molecule has 0 aliphatic carbocycles. The highest BCUT2D eigenvalue weighted by Gasteiger charge is 2.17. The van der Waals surface area contributed by atoms with Crippen LogP contribution in [0.5, 0.6) is 0 Å². The standard InChI is InChI=1S/C12H10Cl2N4S2/c1-5(9-4-19-6(2)16-9)15-10-7(13)3-8(14)11-12(10)18-20-17-11/h3-5,15H,1-2H3. The minimum absolute atomic E-state index is 0.0310. The first-order valence-corrected chi connectivity index (χ1v) is 8.21. The number of anilines is 1. The molecule has 2 heterocycles. The molecule has 0 amide bonds. The molecule has 2 aromatic heterocycles.